The molecule has 0 saturated carbocycles. The highest BCUT2D eigenvalue weighted by molar-refractivity contribution is 5.78. The molecule has 0 amide bonds. The third kappa shape index (κ3) is 3.32. The van der Waals surface area contributed by atoms with Gasteiger partial charge in [-0.05, 0) is 37.6 Å². The van der Waals surface area contributed by atoms with Crippen molar-refractivity contribution in [3.05, 3.63) is 57.6 Å². The van der Waals surface area contributed by atoms with Gasteiger partial charge in [0.2, 0.25) is 0 Å². The number of nitrogen functional groups attached to an aromatic ring is 1. The number of hydrogen-bond donors (Lipinski definition) is 2. The summed E-state index contributed by atoms with van der Waals surface area (Å²) in [5, 5.41) is 22.4. The maximum absolute atomic E-state index is 11.2. The monoisotopic (exact) mass is 341 g/mol. The average Bonchev–Trinajstić information content (AvgIpc) is 3.19. The minimum absolute atomic E-state index is 0.0607. The number of nitrogens with one attached hydrogen (secondary N) is 1. The highest BCUT2D eigenvalue weighted by Gasteiger charge is 2.18. The van der Waals surface area contributed by atoms with E-state index in [1.807, 2.05) is 6.07 Å². The summed E-state index contributed by atoms with van der Waals surface area (Å²) < 4.78 is 6.88. The number of furan rings is 1. The van der Waals surface area contributed by atoms with Crippen LogP contribution in [0.1, 0.15) is 16.9 Å². The number of nitrogens with two attached hydrogens (primary N) is 1. The van der Waals surface area contributed by atoms with Gasteiger partial charge in [0.1, 0.15) is 17.8 Å². The number of rotatable bonds is 5. The van der Waals surface area contributed by atoms with Crippen LogP contribution in [0.5, 0.6) is 0 Å². The SMILES string of the molecule is Cc1cc(-c2ccc(/C=N/Nc3nncn3N)o2)c(C)c([N+](=O)[O-])c1. The Bertz CT molecular complexity index is 958. The smallest absolute Gasteiger partial charge is 0.273 e. The van der Waals surface area contributed by atoms with Crippen LogP contribution in [0.4, 0.5) is 11.6 Å². The van der Waals surface area contributed by atoms with Gasteiger partial charge in [-0.15, -0.1) is 10.2 Å². The molecule has 3 aromatic rings. The van der Waals surface area contributed by atoms with Crippen molar-refractivity contribution in [2.45, 2.75) is 13.8 Å². The Balaban J connectivity index is 1.84. The molecule has 10 nitrogen and oxygen atoms in total. The van der Waals surface area contributed by atoms with Gasteiger partial charge in [-0.25, -0.2) is 10.1 Å². The van der Waals surface area contributed by atoms with Crippen molar-refractivity contribution >= 4 is 17.9 Å². The van der Waals surface area contributed by atoms with E-state index in [4.69, 9.17) is 10.3 Å². The van der Waals surface area contributed by atoms with Gasteiger partial charge in [0.25, 0.3) is 11.6 Å². The minimum atomic E-state index is -0.399. The predicted octanol–water partition coefficient (Wildman–Crippen LogP) is 2.22. The molecular weight excluding hydrogens is 326 g/mol. The van der Waals surface area contributed by atoms with Crippen LogP contribution in [-0.2, 0) is 0 Å². The van der Waals surface area contributed by atoms with E-state index in [-0.39, 0.29) is 11.6 Å². The topological polar surface area (TPSA) is 137 Å². The van der Waals surface area contributed by atoms with Crippen LogP contribution in [0, 0.1) is 24.0 Å². The van der Waals surface area contributed by atoms with Gasteiger partial charge in [-0.2, -0.15) is 5.10 Å². The van der Waals surface area contributed by atoms with Gasteiger partial charge < -0.3 is 10.3 Å². The molecule has 0 atom stereocenters. The first-order valence-corrected chi connectivity index (χ1v) is 7.25. The lowest BCUT2D eigenvalue weighted by molar-refractivity contribution is -0.385. The number of aryl methyl sites for hydroxylation is 1. The van der Waals surface area contributed by atoms with Crippen LogP contribution in [0.25, 0.3) is 11.3 Å². The largest absolute Gasteiger partial charge is 0.455 e. The maximum Gasteiger partial charge on any atom is 0.273 e. The second-order valence-electron chi connectivity index (χ2n) is 5.35. The lowest BCUT2D eigenvalue weighted by atomic mass is 10.0. The van der Waals surface area contributed by atoms with Crippen molar-refractivity contribution < 1.29 is 9.34 Å². The predicted molar refractivity (Wildman–Crippen MR) is 91.7 cm³/mol. The summed E-state index contributed by atoms with van der Waals surface area (Å²) in [7, 11) is 0. The van der Waals surface area contributed by atoms with E-state index in [0.717, 1.165) is 5.56 Å². The van der Waals surface area contributed by atoms with Crippen LogP contribution in [0.15, 0.2) is 40.1 Å². The molecule has 0 aliphatic rings. The van der Waals surface area contributed by atoms with Crippen molar-refractivity contribution in [3.63, 3.8) is 0 Å². The Labute approximate surface area is 142 Å². The molecule has 0 radical (unpaired) electrons. The number of anilines is 1. The number of nitro benzene ring substituents is 1. The Morgan fingerprint density at radius 1 is 1.40 bits per heavy atom. The summed E-state index contributed by atoms with van der Waals surface area (Å²) >= 11 is 0. The van der Waals surface area contributed by atoms with Crippen molar-refractivity contribution in [1.82, 2.24) is 14.9 Å². The summed E-state index contributed by atoms with van der Waals surface area (Å²) in [5.74, 6) is 6.81. The van der Waals surface area contributed by atoms with E-state index in [2.05, 4.69) is 20.7 Å². The van der Waals surface area contributed by atoms with Gasteiger partial charge in [-0.3, -0.25) is 10.1 Å². The molecule has 0 spiro atoms. The molecule has 0 unspecified atom stereocenters. The number of aromatic nitrogens is 3. The van der Waals surface area contributed by atoms with Gasteiger partial charge in [-0.1, -0.05) is 0 Å². The van der Waals surface area contributed by atoms with Crippen molar-refractivity contribution in [3.8, 4) is 11.3 Å². The summed E-state index contributed by atoms with van der Waals surface area (Å²) in [4.78, 5) is 10.8. The summed E-state index contributed by atoms with van der Waals surface area (Å²) in [6, 6.07) is 6.83. The highest BCUT2D eigenvalue weighted by atomic mass is 16.6. The van der Waals surface area contributed by atoms with Gasteiger partial charge in [0.05, 0.1) is 11.1 Å². The van der Waals surface area contributed by atoms with Crippen molar-refractivity contribution in [2.75, 3.05) is 11.3 Å². The fourth-order valence-electron chi connectivity index (χ4n) is 2.33. The summed E-state index contributed by atoms with van der Waals surface area (Å²) in [6.45, 7) is 3.49. The second kappa shape index (κ2) is 6.43. The normalized spacial score (nSPS) is 11.1. The number of nitrogens with zero attached hydrogens (tertiary/aromatic N) is 5. The number of benzene rings is 1. The Kier molecular flexibility index (Phi) is 4.16. The summed E-state index contributed by atoms with van der Waals surface area (Å²) in [5.41, 5.74) is 4.67. The number of hydrazone groups is 1. The molecule has 0 bridgehead atoms. The Hall–Kier alpha value is -3.69. The molecule has 25 heavy (non-hydrogen) atoms. The van der Waals surface area contributed by atoms with E-state index >= 15 is 0 Å². The lowest BCUT2D eigenvalue weighted by Crippen LogP contribution is -2.10. The van der Waals surface area contributed by atoms with Crippen molar-refractivity contribution in [2.24, 2.45) is 5.10 Å². The average molecular weight is 341 g/mol. The fourth-order valence-corrected chi connectivity index (χ4v) is 2.33. The molecule has 1 aromatic carbocycles. The summed E-state index contributed by atoms with van der Waals surface area (Å²) in [6.07, 6.45) is 2.77. The Morgan fingerprint density at radius 2 is 2.20 bits per heavy atom. The van der Waals surface area contributed by atoms with Crippen molar-refractivity contribution in [1.29, 1.82) is 0 Å². The van der Waals surface area contributed by atoms with Crippen LogP contribution in [0.2, 0.25) is 0 Å². The first-order chi connectivity index (χ1) is 12.0. The lowest BCUT2D eigenvalue weighted by Gasteiger charge is -2.05. The standard InChI is InChI=1S/C15H15N7O3/c1-9-5-12(10(2)13(6-9)22(23)24)14-4-3-11(25-14)7-17-19-15-20-18-8-21(15)16/h3-8H,16H2,1-2H3,(H,19,20)/b17-7+. The van der Waals surface area contributed by atoms with Crippen LogP contribution in [-0.4, -0.2) is 26.0 Å². The van der Waals surface area contributed by atoms with Crippen LogP contribution >= 0.6 is 0 Å². The number of nitro groups is 1. The van der Waals surface area contributed by atoms with E-state index < -0.39 is 4.92 Å². The molecule has 0 saturated heterocycles. The van der Waals surface area contributed by atoms with Gasteiger partial charge in [0, 0.05) is 17.2 Å². The Morgan fingerprint density at radius 3 is 2.88 bits per heavy atom. The van der Waals surface area contributed by atoms with Crippen LogP contribution < -0.4 is 11.3 Å². The fraction of sp³-hybridized carbons (Fsp3) is 0.133. The third-order valence-corrected chi connectivity index (χ3v) is 3.54. The zero-order valence-corrected chi connectivity index (χ0v) is 13.5. The zero-order chi connectivity index (χ0) is 18.0. The molecule has 0 fully saturated rings. The highest BCUT2D eigenvalue weighted by Crippen LogP contribution is 2.32. The molecule has 128 valence electrons. The minimum Gasteiger partial charge on any atom is -0.455 e. The van der Waals surface area contributed by atoms with E-state index in [1.54, 1.807) is 26.0 Å². The molecule has 2 aromatic heterocycles. The molecule has 2 heterocycles. The van der Waals surface area contributed by atoms with Gasteiger partial charge in [0.15, 0.2) is 0 Å². The number of hydrogen-bond acceptors (Lipinski definition) is 8. The maximum atomic E-state index is 11.2. The molecule has 10 heteroatoms. The molecular formula is C15H15N7O3. The van der Waals surface area contributed by atoms with E-state index in [0.29, 0.717) is 22.6 Å². The zero-order valence-electron chi connectivity index (χ0n) is 13.5. The molecule has 0 aliphatic carbocycles. The quantitative estimate of drug-likeness (QED) is 0.314. The van der Waals surface area contributed by atoms with E-state index in [9.17, 15) is 10.1 Å². The van der Waals surface area contributed by atoms with Gasteiger partial charge >= 0.3 is 0 Å². The first kappa shape index (κ1) is 16.2. The second-order valence-corrected chi connectivity index (χ2v) is 5.35. The van der Waals surface area contributed by atoms with Crippen LogP contribution in [0.3, 0.4) is 0 Å². The molecule has 3 rings (SSSR count). The molecule has 3 N–H and O–H groups in total. The third-order valence-electron chi connectivity index (χ3n) is 3.54. The van der Waals surface area contributed by atoms with E-state index in [1.165, 1.54) is 23.3 Å². The first-order valence-electron chi connectivity index (χ1n) is 7.25. The molecule has 0 aliphatic heterocycles.